The lowest BCUT2D eigenvalue weighted by atomic mass is 9.75. The van der Waals surface area contributed by atoms with Crippen LogP contribution in [0.1, 0.15) is 29.6 Å². The molecule has 4 rings (SSSR count). The lowest BCUT2D eigenvalue weighted by molar-refractivity contribution is -0.147. The first kappa shape index (κ1) is 21.3. The van der Waals surface area contributed by atoms with E-state index in [0.717, 1.165) is 0 Å². The molecule has 1 aromatic carbocycles. The maximum Gasteiger partial charge on any atom is 0.253 e. The Morgan fingerprint density at radius 3 is 2.30 bits per heavy atom. The van der Waals surface area contributed by atoms with E-state index < -0.39 is 21.5 Å². The van der Waals surface area contributed by atoms with Gasteiger partial charge in [0.25, 0.3) is 5.91 Å². The number of ether oxygens (including phenoxy) is 1. The second kappa shape index (κ2) is 8.28. The van der Waals surface area contributed by atoms with Crippen molar-refractivity contribution < 1.29 is 22.7 Å². The van der Waals surface area contributed by atoms with Crippen LogP contribution in [0.3, 0.4) is 0 Å². The molecule has 0 aromatic heterocycles. The average Bonchev–Trinajstić information content (AvgIpc) is 3.04. The first-order valence-corrected chi connectivity index (χ1v) is 12.4. The van der Waals surface area contributed by atoms with E-state index >= 15 is 0 Å². The van der Waals surface area contributed by atoms with Crippen LogP contribution in [0.15, 0.2) is 30.3 Å². The number of likely N-dealkylation sites (tertiary alicyclic amines) is 1. The number of amides is 2. The van der Waals surface area contributed by atoms with Crippen molar-refractivity contribution in [1.29, 1.82) is 0 Å². The summed E-state index contributed by atoms with van der Waals surface area (Å²) in [4.78, 5) is 30.3. The van der Waals surface area contributed by atoms with Crippen LogP contribution >= 0.6 is 0 Å². The van der Waals surface area contributed by atoms with E-state index in [1.54, 1.807) is 17.0 Å². The summed E-state index contributed by atoms with van der Waals surface area (Å²) in [5.41, 5.74) is -0.176. The Labute approximate surface area is 177 Å². The highest BCUT2D eigenvalue weighted by Gasteiger charge is 2.57. The first-order chi connectivity index (χ1) is 14.3. The molecule has 30 heavy (non-hydrogen) atoms. The van der Waals surface area contributed by atoms with Crippen molar-refractivity contribution in [1.82, 2.24) is 14.1 Å². The van der Waals surface area contributed by atoms with Crippen LogP contribution < -0.4 is 0 Å². The summed E-state index contributed by atoms with van der Waals surface area (Å²) >= 11 is 0. The minimum atomic E-state index is -3.45. The number of sulfonamides is 1. The number of carbonyl (C=O) groups is 2. The number of benzene rings is 1. The minimum absolute atomic E-state index is 0.0101. The van der Waals surface area contributed by atoms with Crippen molar-refractivity contribution in [3.63, 3.8) is 0 Å². The Hall–Kier alpha value is -1.97. The molecule has 3 saturated heterocycles. The summed E-state index contributed by atoms with van der Waals surface area (Å²) in [6.45, 7) is 3.28. The van der Waals surface area contributed by atoms with Gasteiger partial charge < -0.3 is 14.5 Å². The second-order valence-corrected chi connectivity index (χ2v) is 10.3. The van der Waals surface area contributed by atoms with Crippen LogP contribution in [0.5, 0.6) is 0 Å². The quantitative estimate of drug-likeness (QED) is 0.701. The zero-order valence-electron chi connectivity index (χ0n) is 17.3. The average molecular weight is 436 g/mol. The van der Waals surface area contributed by atoms with Gasteiger partial charge in [-0.2, -0.15) is 4.31 Å². The summed E-state index contributed by atoms with van der Waals surface area (Å²) in [5.74, 6) is -0.0635. The summed E-state index contributed by atoms with van der Waals surface area (Å²) < 4.78 is 31.8. The predicted molar refractivity (Wildman–Crippen MR) is 111 cm³/mol. The Balaban J connectivity index is 1.63. The Morgan fingerprint density at radius 1 is 0.967 bits per heavy atom. The molecule has 3 fully saturated rings. The van der Waals surface area contributed by atoms with Gasteiger partial charge in [-0.15, -0.1) is 0 Å². The minimum Gasteiger partial charge on any atom is -0.378 e. The fourth-order valence-electron chi connectivity index (χ4n) is 5.15. The summed E-state index contributed by atoms with van der Waals surface area (Å²) in [5, 5.41) is 0. The Kier molecular flexibility index (Phi) is 5.87. The van der Waals surface area contributed by atoms with E-state index in [9.17, 15) is 18.0 Å². The molecule has 0 N–H and O–H groups in total. The maximum absolute atomic E-state index is 13.7. The van der Waals surface area contributed by atoms with E-state index in [4.69, 9.17) is 4.74 Å². The van der Waals surface area contributed by atoms with Gasteiger partial charge in [0, 0.05) is 44.3 Å². The SMILES string of the molecule is CS(=O)(=O)N1CC[C@@]2(C(=O)N3CCOCC3)CCN(C(=O)c3ccccc3)CC[C@@H]12. The molecule has 0 spiro atoms. The van der Waals surface area contributed by atoms with E-state index in [1.165, 1.54) is 10.6 Å². The van der Waals surface area contributed by atoms with E-state index in [2.05, 4.69) is 0 Å². The number of fused-ring (bicyclic) bond motifs is 1. The van der Waals surface area contributed by atoms with Crippen molar-refractivity contribution in [3.8, 4) is 0 Å². The lowest BCUT2D eigenvalue weighted by Crippen LogP contribution is -2.54. The molecule has 3 aliphatic heterocycles. The van der Waals surface area contributed by atoms with E-state index in [0.29, 0.717) is 70.8 Å². The van der Waals surface area contributed by atoms with Gasteiger partial charge >= 0.3 is 0 Å². The number of hydrogen-bond acceptors (Lipinski definition) is 5. The van der Waals surface area contributed by atoms with Gasteiger partial charge in [-0.3, -0.25) is 9.59 Å². The van der Waals surface area contributed by atoms with Crippen LogP contribution in [-0.4, -0.2) is 92.6 Å². The molecule has 8 nitrogen and oxygen atoms in total. The van der Waals surface area contributed by atoms with Gasteiger partial charge in [-0.05, 0) is 31.4 Å². The first-order valence-electron chi connectivity index (χ1n) is 10.5. The predicted octanol–water partition coefficient (Wildman–Crippen LogP) is 0.802. The molecule has 0 unspecified atom stereocenters. The number of morpholine rings is 1. The largest absolute Gasteiger partial charge is 0.378 e. The second-order valence-electron chi connectivity index (χ2n) is 8.40. The van der Waals surface area contributed by atoms with Gasteiger partial charge in [0.15, 0.2) is 0 Å². The standard InChI is InChI=1S/C21H29N3O5S/c1-30(27,28)24-12-9-21(20(26)23-13-15-29-16-14-23)8-11-22(10-7-18(21)24)19(25)17-5-3-2-4-6-17/h2-6,18H,7-16H2,1H3/t18-,21+/m1/s1. The van der Waals surface area contributed by atoms with Crippen molar-refractivity contribution in [2.24, 2.45) is 5.41 Å². The number of carbonyl (C=O) groups excluding carboxylic acids is 2. The van der Waals surface area contributed by atoms with Crippen LogP contribution in [-0.2, 0) is 19.6 Å². The molecule has 9 heteroatoms. The van der Waals surface area contributed by atoms with Crippen LogP contribution in [0.2, 0.25) is 0 Å². The molecular weight excluding hydrogens is 406 g/mol. The topological polar surface area (TPSA) is 87.2 Å². The molecule has 1 aromatic rings. The third-order valence-corrected chi connectivity index (χ3v) is 8.01. The Bertz CT molecular complexity index is 900. The van der Waals surface area contributed by atoms with Gasteiger partial charge in [0.2, 0.25) is 15.9 Å². The number of nitrogens with zero attached hydrogens (tertiary/aromatic N) is 3. The zero-order chi connectivity index (χ0) is 21.4. The highest BCUT2D eigenvalue weighted by molar-refractivity contribution is 7.88. The number of hydrogen-bond donors (Lipinski definition) is 0. The van der Waals surface area contributed by atoms with Crippen LogP contribution in [0, 0.1) is 5.41 Å². The monoisotopic (exact) mass is 435 g/mol. The highest BCUT2D eigenvalue weighted by Crippen LogP contribution is 2.46. The van der Waals surface area contributed by atoms with E-state index in [1.807, 2.05) is 23.1 Å². The molecule has 164 valence electrons. The molecular formula is C21H29N3O5S. The van der Waals surface area contributed by atoms with Gasteiger partial charge in [-0.1, -0.05) is 18.2 Å². The van der Waals surface area contributed by atoms with Crippen LogP contribution in [0.4, 0.5) is 0 Å². The summed E-state index contributed by atoms with van der Waals surface area (Å²) in [6, 6.07) is 8.67. The van der Waals surface area contributed by atoms with E-state index in [-0.39, 0.29) is 11.8 Å². The smallest absolute Gasteiger partial charge is 0.253 e. The molecule has 2 amide bonds. The third kappa shape index (κ3) is 3.86. The molecule has 0 bridgehead atoms. The van der Waals surface area contributed by atoms with Gasteiger partial charge in [-0.25, -0.2) is 8.42 Å². The fraction of sp³-hybridized carbons (Fsp3) is 0.619. The van der Waals surface area contributed by atoms with Gasteiger partial charge in [0.05, 0.1) is 24.9 Å². The summed E-state index contributed by atoms with van der Waals surface area (Å²) in [6.07, 6.45) is 2.63. The summed E-state index contributed by atoms with van der Waals surface area (Å²) in [7, 11) is -3.45. The third-order valence-electron chi connectivity index (χ3n) is 6.72. The molecule has 3 aliphatic rings. The zero-order valence-corrected chi connectivity index (χ0v) is 18.1. The van der Waals surface area contributed by atoms with Crippen molar-refractivity contribution in [3.05, 3.63) is 35.9 Å². The Morgan fingerprint density at radius 2 is 1.63 bits per heavy atom. The van der Waals surface area contributed by atoms with Crippen molar-refractivity contribution in [2.45, 2.75) is 25.3 Å². The number of rotatable bonds is 3. The molecule has 0 radical (unpaired) electrons. The maximum atomic E-state index is 13.7. The molecule has 3 heterocycles. The lowest BCUT2D eigenvalue weighted by Gasteiger charge is -2.39. The fourth-order valence-corrected chi connectivity index (χ4v) is 6.34. The van der Waals surface area contributed by atoms with Crippen molar-refractivity contribution >= 4 is 21.8 Å². The molecule has 0 saturated carbocycles. The highest BCUT2D eigenvalue weighted by atomic mass is 32.2. The van der Waals surface area contributed by atoms with Gasteiger partial charge in [0.1, 0.15) is 0 Å². The molecule has 2 atom stereocenters. The molecule has 0 aliphatic carbocycles. The van der Waals surface area contributed by atoms with Crippen molar-refractivity contribution in [2.75, 3.05) is 52.2 Å². The normalized spacial score (nSPS) is 28.1. The van der Waals surface area contributed by atoms with Crippen LogP contribution in [0.25, 0.3) is 0 Å².